The van der Waals surface area contributed by atoms with E-state index in [1.54, 1.807) is 6.26 Å². The highest BCUT2D eigenvalue weighted by atomic mass is 16.3. The van der Waals surface area contributed by atoms with Crippen molar-refractivity contribution in [3.8, 4) is 0 Å². The molecule has 3 nitrogen and oxygen atoms in total. The van der Waals surface area contributed by atoms with E-state index in [9.17, 15) is 0 Å². The molecule has 0 amide bonds. The molecule has 0 saturated carbocycles. The van der Waals surface area contributed by atoms with E-state index in [1.165, 1.54) is 0 Å². The lowest BCUT2D eigenvalue weighted by atomic mass is 10.0. The molecule has 0 aliphatic carbocycles. The maximum atomic E-state index is 6.08. The lowest BCUT2D eigenvalue weighted by Crippen LogP contribution is -2.33. The summed E-state index contributed by atoms with van der Waals surface area (Å²) in [5, 5.41) is 0. The summed E-state index contributed by atoms with van der Waals surface area (Å²) >= 11 is 0. The van der Waals surface area contributed by atoms with Crippen LogP contribution in [0, 0.1) is 5.92 Å². The summed E-state index contributed by atoms with van der Waals surface area (Å²) in [6, 6.07) is 4.27. The van der Waals surface area contributed by atoms with E-state index in [1.807, 2.05) is 12.1 Å². The second kappa shape index (κ2) is 7.51. The van der Waals surface area contributed by atoms with E-state index in [-0.39, 0.29) is 0 Å². The summed E-state index contributed by atoms with van der Waals surface area (Å²) in [5.41, 5.74) is 6.08. The molecule has 3 heteroatoms. The van der Waals surface area contributed by atoms with E-state index in [4.69, 9.17) is 10.2 Å². The molecule has 0 aliphatic heterocycles. The molecule has 0 aromatic carbocycles. The van der Waals surface area contributed by atoms with Gasteiger partial charge in [-0.25, -0.2) is 0 Å². The van der Waals surface area contributed by atoms with Gasteiger partial charge in [-0.3, -0.25) is 4.90 Å². The molecule has 1 heterocycles. The number of hydrogen-bond donors (Lipinski definition) is 1. The Balaban J connectivity index is 2.38. The van der Waals surface area contributed by atoms with Gasteiger partial charge in [0.15, 0.2) is 0 Å². The fraction of sp³-hybridized carbons (Fsp3) is 0.714. The first-order valence-electron chi connectivity index (χ1n) is 6.63. The van der Waals surface area contributed by atoms with Crippen LogP contribution in [0.15, 0.2) is 22.8 Å². The monoisotopic (exact) mass is 238 g/mol. The number of furan rings is 1. The Morgan fingerprint density at radius 2 is 2.12 bits per heavy atom. The van der Waals surface area contributed by atoms with Crippen LogP contribution < -0.4 is 5.73 Å². The Hall–Kier alpha value is -0.800. The first-order chi connectivity index (χ1) is 8.13. The Morgan fingerprint density at radius 1 is 1.35 bits per heavy atom. The summed E-state index contributed by atoms with van der Waals surface area (Å²) in [4.78, 5) is 2.42. The van der Waals surface area contributed by atoms with Crippen LogP contribution in [-0.2, 0) is 6.54 Å². The second-order valence-electron chi connectivity index (χ2n) is 5.05. The Kier molecular flexibility index (Phi) is 6.30. The molecule has 1 atom stereocenters. The highest BCUT2D eigenvalue weighted by Crippen LogP contribution is 2.09. The van der Waals surface area contributed by atoms with Gasteiger partial charge in [-0.2, -0.15) is 0 Å². The zero-order valence-corrected chi connectivity index (χ0v) is 11.4. The summed E-state index contributed by atoms with van der Waals surface area (Å²) in [6.07, 6.45) is 3.95. The smallest absolute Gasteiger partial charge is 0.117 e. The molecule has 1 aromatic rings. The molecule has 0 unspecified atom stereocenters. The van der Waals surface area contributed by atoms with Gasteiger partial charge in [0, 0.05) is 12.6 Å². The first-order valence-corrected chi connectivity index (χ1v) is 6.63. The molecule has 0 aliphatic rings. The fourth-order valence-electron chi connectivity index (χ4n) is 1.87. The van der Waals surface area contributed by atoms with Gasteiger partial charge in [0.05, 0.1) is 12.8 Å². The largest absolute Gasteiger partial charge is 0.468 e. The van der Waals surface area contributed by atoms with Crippen molar-refractivity contribution in [1.29, 1.82) is 0 Å². The predicted molar refractivity (Wildman–Crippen MR) is 71.7 cm³/mol. The predicted octanol–water partition coefficient (Wildman–Crippen LogP) is 2.87. The van der Waals surface area contributed by atoms with Crippen molar-refractivity contribution in [3.05, 3.63) is 24.2 Å². The van der Waals surface area contributed by atoms with E-state index in [2.05, 4.69) is 25.7 Å². The average molecular weight is 238 g/mol. The zero-order valence-electron chi connectivity index (χ0n) is 11.4. The van der Waals surface area contributed by atoms with Gasteiger partial charge in [0.1, 0.15) is 5.76 Å². The van der Waals surface area contributed by atoms with E-state index in [0.29, 0.717) is 12.0 Å². The summed E-state index contributed by atoms with van der Waals surface area (Å²) in [5.74, 6) is 1.60. The van der Waals surface area contributed by atoms with Crippen LogP contribution in [0.1, 0.15) is 39.4 Å². The van der Waals surface area contributed by atoms with Gasteiger partial charge in [0.2, 0.25) is 0 Å². The Bertz CT molecular complexity index is 282. The molecule has 1 aromatic heterocycles. The van der Waals surface area contributed by atoms with Crippen molar-refractivity contribution < 1.29 is 4.42 Å². The van der Waals surface area contributed by atoms with Gasteiger partial charge in [0.25, 0.3) is 0 Å². The summed E-state index contributed by atoms with van der Waals surface area (Å²) < 4.78 is 5.39. The second-order valence-corrected chi connectivity index (χ2v) is 5.05. The lowest BCUT2D eigenvalue weighted by Gasteiger charge is -2.23. The van der Waals surface area contributed by atoms with Crippen LogP contribution in [0.25, 0.3) is 0 Å². The molecular weight excluding hydrogens is 212 g/mol. The molecule has 0 radical (unpaired) electrons. The highest BCUT2D eigenvalue weighted by Gasteiger charge is 2.11. The zero-order chi connectivity index (χ0) is 12.7. The number of rotatable bonds is 8. The first kappa shape index (κ1) is 14.3. The number of hydrogen-bond acceptors (Lipinski definition) is 3. The third kappa shape index (κ3) is 5.37. The van der Waals surface area contributed by atoms with Gasteiger partial charge in [-0.1, -0.05) is 20.8 Å². The van der Waals surface area contributed by atoms with Gasteiger partial charge < -0.3 is 10.2 Å². The SMILES string of the molecule is CCCN(CC[C@@H](N)C(C)C)Cc1ccco1. The fourth-order valence-corrected chi connectivity index (χ4v) is 1.87. The third-order valence-electron chi connectivity index (χ3n) is 3.13. The van der Waals surface area contributed by atoms with Crippen molar-refractivity contribution in [2.24, 2.45) is 11.7 Å². The molecule has 98 valence electrons. The van der Waals surface area contributed by atoms with E-state index < -0.39 is 0 Å². The molecule has 0 saturated heterocycles. The van der Waals surface area contributed by atoms with Crippen LogP contribution in [0.2, 0.25) is 0 Å². The Morgan fingerprint density at radius 3 is 2.65 bits per heavy atom. The minimum Gasteiger partial charge on any atom is -0.468 e. The van der Waals surface area contributed by atoms with Gasteiger partial charge >= 0.3 is 0 Å². The minimum absolute atomic E-state index is 0.297. The molecule has 2 N–H and O–H groups in total. The minimum atomic E-state index is 0.297. The topological polar surface area (TPSA) is 42.4 Å². The van der Waals surface area contributed by atoms with Crippen molar-refractivity contribution in [1.82, 2.24) is 4.90 Å². The average Bonchev–Trinajstić information content (AvgIpc) is 2.78. The maximum Gasteiger partial charge on any atom is 0.117 e. The normalized spacial score (nSPS) is 13.5. The van der Waals surface area contributed by atoms with E-state index >= 15 is 0 Å². The quantitative estimate of drug-likeness (QED) is 0.757. The summed E-state index contributed by atoms with van der Waals surface area (Å²) in [7, 11) is 0. The molecule has 0 bridgehead atoms. The molecule has 17 heavy (non-hydrogen) atoms. The number of nitrogens with zero attached hydrogens (tertiary/aromatic N) is 1. The maximum absolute atomic E-state index is 6.08. The van der Waals surface area contributed by atoms with Crippen LogP contribution in [0.4, 0.5) is 0 Å². The standard InChI is InChI=1S/C14H26N2O/c1-4-8-16(9-7-14(15)12(2)3)11-13-6-5-10-17-13/h5-6,10,12,14H,4,7-9,11,15H2,1-3H3/t14-/m1/s1. The lowest BCUT2D eigenvalue weighted by molar-refractivity contribution is 0.229. The molecule has 0 spiro atoms. The molecule has 0 fully saturated rings. The van der Waals surface area contributed by atoms with Gasteiger partial charge in [-0.05, 0) is 37.4 Å². The molecule has 1 rings (SSSR count). The number of nitrogens with two attached hydrogens (primary N) is 1. The summed E-state index contributed by atoms with van der Waals surface area (Å²) in [6.45, 7) is 9.62. The van der Waals surface area contributed by atoms with E-state index in [0.717, 1.165) is 38.2 Å². The highest BCUT2D eigenvalue weighted by molar-refractivity contribution is 4.97. The van der Waals surface area contributed by atoms with Crippen LogP contribution in [0.3, 0.4) is 0 Å². The van der Waals surface area contributed by atoms with Gasteiger partial charge in [-0.15, -0.1) is 0 Å². The van der Waals surface area contributed by atoms with Crippen LogP contribution in [-0.4, -0.2) is 24.0 Å². The molecular formula is C14H26N2O. The third-order valence-corrected chi connectivity index (χ3v) is 3.13. The van der Waals surface area contributed by atoms with Crippen molar-refractivity contribution in [2.45, 2.75) is 46.2 Å². The van der Waals surface area contributed by atoms with Crippen LogP contribution in [0.5, 0.6) is 0 Å². The van der Waals surface area contributed by atoms with Crippen LogP contribution >= 0.6 is 0 Å². The van der Waals surface area contributed by atoms with Crippen molar-refractivity contribution >= 4 is 0 Å². The van der Waals surface area contributed by atoms with Crippen molar-refractivity contribution in [2.75, 3.05) is 13.1 Å². The Labute approximate surface area is 105 Å². The van der Waals surface area contributed by atoms with Crippen molar-refractivity contribution in [3.63, 3.8) is 0 Å².